The number of benzene rings is 2. The van der Waals surface area contributed by atoms with E-state index in [1.165, 1.54) is 0 Å². The van der Waals surface area contributed by atoms with Crippen molar-refractivity contribution in [3.05, 3.63) is 81.9 Å². The van der Waals surface area contributed by atoms with Crippen LogP contribution in [0.15, 0.2) is 49.6 Å². The van der Waals surface area contributed by atoms with Crippen LogP contribution in [0.25, 0.3) is 0 Å². The van der Waals surface area contributed by atoms with E-state index < -0.39 is 17.4 Å². The molecule has 0 aliphatic rings. The lowest BCUT2D eigenvalue weighted by Crippen LogP contribution is -2.20. The Morgan fingerprint density at radius 1 is 0.828 bits per heavy atom. The Balaban J connectivity index is 2.50. The maximum atomic E-state index is 11.5. The summed E-state index contributed by atoms with van der Waals surface area (Å²) in [5.74, 6) is -0.544. The summed E-state index contributed by atoms with van der Waals surface area (Å²) in [5.41, 5.74) is 2.77. The van der Waals surface area contributed by atoms with Crippen LogP contribution >= 0.6 is 23.2 Å². The molecule has 0 fully saturated rings. The minimum absolute atomic E-state index is 0.303. The molecule has 0 N–H and O–H groups in total. The van der Waals surface area contributed by atoms with E-state index in [1.54, 1.807) is 12.1 Å². The third-order valence-corrected chi connectivity index (χ3v) is 5.20. The molecule has 0 unspecified atom stereocenters. The fraction of sp³-hybridized carbons (Fsp3) is 0.217. The Morgan fingerprint density at radius 2 is 1.17 bits per heavy atom. The van der Waals surface area contributed by atoms with E-state index in [1.807, 2.05) is 39.8 Å². The summed E-state index contributed by atoms with van der Waals surface area (Å²) in [7, 11) is 0. The zero-order valence-corrected chi connectivity index (χ0v) is 18.3. The van der Waals surface area contributed by atoms with Gasteiger partial charge in [0.2, 0.25) is 0 Å². The Bertz CT molecular complexity index is 880. The summed E-state index contributed by atoms with van der Waals surface area (Å²) in [6.07, 6.45) is 2.16. The topological polar surface area (TPSA) is 52.6 Å². The molecule has 0 atom stereocenters. The van der Waals surface area contributed by atoms with Gasteiger partial charge in [-0.2, -0.15) is 0 Å². The maximum Gasteiger partial charge on any atom is 0.335 e. The first-order valence-corrected chi connectivity index (χ1v) is 9.56. The largest absolute Gasteiger partial charge is 0.421 e. The quantitative estimate of drug-likeness (QED) is 0.313. The number of carbonyl (C=O) groups is 2. The Labute approximate surface area is 180 Å². The van der Waals surface area contributed by atoms with E-state index in [-0.39, 0.29) is 0 Å². The number of aryl methyl sites for hydroxylation is 2. The molecule has 6 heteroatoms. The molecule has 0 bridgehead atoms. The highest BCUT2D eigenvalue weighted by atomic mass is 35.5. The zero-order chi connectivity index (χ0) is 21.9. The van der Waals surface area contributed by atoms with Gasteiger partial charge in [0, 0.05) is 17.6 Å². The van der Waals surface area contributed by atoms with Crippen molar-refractivity contribution in [1.29, 1.82) is 0 Å². The van der Waals surface area contributed by atoms with Gasteiger partial charge in [0.25, 0.3) is 0 Å². The summed E-state index contributed by atoms with van der Waals surface area (Å²) >= 11 is 12.8. The first-order chi connectivity index (χ1) is 13.5. The van der Waals surface area contributed by atoms with Gasteiger partial charge in [0.15, 0.2) is 11.5 Å². The van der Waals surface area contributed by atoms with Gasteiger partial charge in [0.1, 0.15) is 0 Å². The second kappa shape index (κ2) is 8.85. The van der Waals surface area contributed by atoms with Crippen molar-refractivity contribution in [2.45, 2.75) is 33.1 Å². The number of halogens is 2. The molecule has 0 saturated carbocycles. The molecule has 2 aromatic rings. The van der Waals surface area contributed by atoms with Crippen molar-refractivity contribution in [3.63, 3.8) is 0 Å². The van der Waals surface area contributed by atoms with Gasteiger partial charge < -0.3 is 9.47 Å². The average Bonchev–Trinajstić information content (AvgIpc) is 2.66. The van der Waals surface area contributed by atoms with Crippen LogP contribution in [0.1, 0.15) is 36.1 Å². The van der Waals surface area contributed by atoms with Gasteiger partial charge in [-0.3, -0.25) is 0 Å². The van der Waals surface area contributed by atoms with Gasteiger partial charge >= 0.3 is 11.9 Å². The molecule has 2 aromatic carbocycles. The molecule has 0 spiro atoms. The molecule has 29 heavy (non-hydrogen) atoms. The second-order valence-electron chi connectivity index (χ2n) is 7.08. The Morgan fingerprint density at radius 3 is 1.45 bits per heavy atom. The third-order valence-electron chi connectivity index (χ3n) is 4.64. The molecular formula is C23H22Cl2O4. The first-order valence-electron chi connectivity index (χ1n) is 8.81. The molecule has 0 aliphatic heterocycles. The van der Waals surface area contributed by atoms with E-state index in [0.717, 1.165) is 34.4 Å². The normalized spacial score (nSPS) is 11.0. The minimum atomic E-state index is -0.575. The van der Waals surface area contributed by atoms with Crippen LogP contribution in [0.3, 0.4) is 0 Å². The van der Waals surface area contributed by atoms with Crippen molar-refractivity contribution in [3.8, 4) is 11.5 Å². The van der Waals surface area contributed by atoms with E-state index in [9.17, 15) is 9.59 Å². The first kappa shape index (κ1) is 22.7. The number of ether oxygens (including phenoxy) is 2. The summed E-state index contributed by atoms with van der Waals surface area (Å²) in [4.78, 5) is 23.1. The van der Waals surface area contributed by atoms with Crippen molar-refractivity contribution in [1.82, 2.24) is 0 Å². The number of hydrogen-bond donors (Lipinski definition) is 0. The van der Waals surface area contributed by atoms with Gasteiger partial charge in [0.05, 0.1) is 10.0 Å². The maximum absolute atomic E-state index is 11.5. The van der Waals surface area contributed by atoms with Crippen LogP contribution in [0.2, 0.25) is 10.0 Å². The summed E-state index contributed by atoms with van der Waals surface area (Å²) in [5, 5.41) is 0.644. The lowest BCUT2D eigenvalue weighted by molar-refractivity contribution is -0.129. The molecule has 0 saturated heterocycles. The lowest BCUT2D eigenvalue weighted by atomic mass is 9.77. The second-order valence-corrected chi connectivity index (χ2v) is 7.90. The van der Waals surface area contributed by atoms with Crippen LogP contribution in [0.5, 0.6) is 11.5 Å². The van der Waals surface area contributed by atoms with Crippen molar-refractivity contribution < 1.29 is 19.1 Å². The average molecular weight is 433 g/mol. The highest BCUT2D eigenvalue weighted by molar-refractivity contribution is 6.32. The predicted molar refractivity (Wildman–Crippen MR) is 116 cm³/mol. The molecule has 4 nitrogen and oxygen atoms in total. The van der Waals surface area contributed by atoms with E-state index in [0.29, 0.717) is 21.5 Å². The number of hydrogen-bond acceptors (Lipinski definition) is 4. The van der Waals surface area contributed by atoms with E-state index in [4.69, 9.17) is 32.7 Å². The fourth-order valence-electron chi connectivity index (χ4n) is 2.89. The minimum Gasteiger partial charge on any atom is -0.421 e. The predicted octanol–water partition coefficient (Wildman–Crippen LogP) is 6.12. The third kappa shape index (κ3) is 4.89. The molecule has 0 aromatic heterocycles. The molecule has 0 aliphatic carbocycles. The van der Waals surface area contributed by atoms with Crippen molar-refractivity contribution in [2.24, 2.45) is 0 Å². The van der Waals surface area contributed by atoms with Crippen LogP contribution in [0.4, 0.5) is 0 Å². The monoisotopic (exact) mass is 432 g/mol. The number of rotatable bonds is 6. The standard InChI is InChI=1S/C23H22Cl2O4/c1-7-19(26)28-21-13(3)9-15(11-17(21)24)23(5,6)16-10-14(4)22(18(25)12-16)29-20(27)8-2/h7-12H,1-2H2,3-6H3. The zero-order valence-electron chi connectivity index (χ0n) is 16.8. The molecule has 0 radical (unpaired) electrons. The SMILES string of the molecule is C=CC(=O)Oc1c(C)cc(C(C)(C)c2cc(C)c(OC(=O)C=C)c(Cl)c2)cc1Cl. The van der Waals surface area contributed by atoms with Gasteiger partial charge in [-0.25, -0.2) is 9.59 Å². The van der Waals surface area contributed by atoms with Crippen LogP contribution < -0.4 is 9.47 Å². The van der Waals surface area contributed by atoms with Crippen LogP contribution in [0, 0.1) is 13.8 Å². The van der Waals surface area contributed by atoms with Crippen LogP contribution in [-0.4, -0.2) is 11.9 Å². The van der Waals surface area contributed by atoms with Crippen LogP contribution in [-0.2, 0) is 15.0 Å². The fourth-order valence-corrected chi connectivity index (χ4v) is 3.50. The lowest BCUT2D eigenvalue weighted by Gasteiger charge is -2.28. The highest BCUT2D eigenvalue weighted by Gasteiger charge is 2.27. The summed E-state index contributed by atoms with van der Waals surface area (Å²) in [6.45, 7) is 14.5. The smallest absolute Gasteiger partial charge is 0.335 e. The molecule has 2 rings (SSSR count). The Hall–Kier alpha value is -2.56. The molecule has 0 heterocycles. The molecular weight excluding hydrogens is 411 g/mol. The van der Waals surface area contributed by atoms with Gasteiger partial charge in [-0.05, 0) is 48.2 Å². The van der Waals surface area contributed by atoms with E-state index >= 15 is 0 Å². The molecule has 152 valence electrons. The highest BCUT2D eigenvalue weighted by Crippen LogP contribution is 2.41. The van der Waals surface area contributed by atoms with Gasteiger partial charge in [-0.15, -0.1) is 0 Å². The summed E-state index contributed by atoms with van der Waals surface area (Å²) < 4.78 is 10.5. The number of esters is 2. The van der Waals surface area contributed by atoms with Crippen molar-refractivity contribution in [2.75, 3.05) is 0 Å². The van der Waals surface area contributed by atoms with Crippen molar-refractivity contribution >= 4 is 35.1 Å². The molecule has 0 amide bonds. The number of carbonyl (C=O) groups excluding carboxylic acids is 2. The Kier molecular flexibility index (Phi) is 6.93. The van der Waals surface area contributed by atoms with E-state index in [2.05, 4.69) is 13.2 Å². The summed E-state index contributed by atoms with van der Waals surface area (Å²) in [6, 6.07) is 7.34. The van der Waals surface area contributed by atoms with Gasteiger partial charge in [-0.1, -0.05) is 62.3 Å².